The minimum atomic E-state index is -0.455. The van der Waals surface area contributed by atoms with Crippen LogP contribution in [0.4, 0.5) is 17.1 Å². The Balaban J connectivity index is 2.41. The van der Waals surface area contributed by atoms with Gasteiger partial charge in [0.25, 0.3) is 10.8 Å². The molecule has 0 bridgehead atoms. The van der Waals surface area contributed by atoms with Crippen LogP contribution in [0.1, 0.15) is 49.4 Å². The zero-order valence-electron chi connectivity index (χ0n) is 18.3. The van der Waals surface area contributed by atoms with E-state index < -0.39 is 6.10 Å². The highest BCUT2D eigenvalue weighted by Gasteiger charge is 2.31. The molecule has 0 aromatic heterocycles. The fourth-order valence-corrected chi connectivity index (χ4v) is 3.63. The van der Waals surface area contributed by atoms with Crippen molar-refractivity contribution in [1.82, 2.24) is 4.90 Å². The van der Waals surface area contributed by atoms with Crippen molar-refractivity contribution in [3.8, 4) is 0 Å². The summed E-state index contributed by atoms with van der Waals surface area (Å²) in [5, 5.41) is 22.2. The van der Waals surface area contributed by atoms with Gasteiger partial charge >= 0.3 is 5.69 Å². The lowest BCUT2D eigenvalue weighted by atomic mass is 10.1. The maximum absolute atomic E-state index is 13.3. The van der Waals surface area contributed by atoms with E-state index in [-0.39, 0.29) is 24.7 Å². The Kier molecular flexibility index (Phi) is 9.32. The molecule has 1 aromatic carbocycles. The van der Waals surface area contributed by atoms with E-state index in [9.17, 15) is 19.9 Å². The van der Waals surface area contributed by atoms with Gasteiger partial charge in [0, 0.05) is 39.3 Å². The second-order valence-electron chi connectivity index (χ2n) is 7.65. The summed E-state index contributed by atoms with van der Waals surface area (Å²) < 4.78 is 0. The highest BCUT2D eigenvalue weighted by atomic mass is 16.8. The van der Waals surface area contributed by atoms with Crippen LogP contribution in [-0.4, -0.2) is 79.0 Å². The van der Waals surface area contributed by atoms with E-state index in [4.69, 9.17) is 4.84 Å². The number of nitrogens with zero attached hydrogens (tertiary/aromatic N) is 3. The predicted octanol–water partition coefficient (Wildman–Crippen LogP) is 2.29. The van der Waals surface area contributed by atoms with Gasteiger partial charge in [-0.2, -0.15) is 0 Å². The van der Waals surface area contributed by atoms with Crippen LogP contribution in [0.25, 0.3) is 0 Å². The van der Waals surface area contributed by atoms with Gasteiger partial charge in [0.2, 0.25) is 0 Å². The number of carbonyl (C=O) groups is 1. The van der Waals surface area contributed by atoms with Gasteiger partial charge in [-0.3, -0.25) is 4.79 Å². The zero-order valence-corrected chi connectivity index (χ0v) is 18.3. The molecular formula is C21H35N4O5+. The molecule has 1 aliphatic heterocycles. The third-order valence-corrected chi connectivity index (χ3v) is 5.33. The number of nitrogens with one attached hydrogen (secondary N) is 1. The molecule has 3 N–H and O–H groups in total. The van der Waals surface area contributed by atoms with E-state index in [1.807, 2.05) is 4.90 Å². The van der Waals surface area contributed by atoms with Crippen LogP contribution >= 0.6 is 0 Å². The largest absolute Gasteiger partial charge is 0.395 e. The van der Waals surface area contributed by atoms with Crippen molar-refractivity contribution in [2.24, 2.45) is 0 Å². The van der Waals surface area contributed by atoms with Crippen LogP contribution in [0, 0.1) is 4.91 Å². The first-order chi connectivity index (χ1) is 14.4. The van der Waals surface area contributed by atoms with Crippen molar-refractivity contribution in [2.45, 2.75) is 45.1 Å². The third-order valence-electron chi connectivity index (χ3n) is 5.33. The van der Waals surface area contributed by atoms with Crippen molar-refractivity contribution >= 4 is 23.0 Å². The molecule has 168 valence electrons. The van der Waals surface area contributed by atoms with E-state index >= 15 is 0 Å². The molecule has 1 unspecified atom stereocenters. The first kappa shape index (κ1) is 23.9. The van der Waals surface area contributed by atoms with E-state index in [0.29, 0.717) is 47.9 Å². The minimum Gasteiger partial charge on any atom is -0.395 e. The van der Waals surface area contributed by atoms with Gasteiger partial charge in [-0.05, 0) is 18.9 Å². The summed E-state index contributed by atoms with van der Waals surface area (Å²) in [6, 6.07) is 3.26. The van der Waals surface area contributed by atoms with E-state index in [1.54, 1.807) is 18.0 Å². The third kappa shape index (κ3) is 6.06. The molecule has 0 radical (unpaired) electrons. The minimum absolute atomic E-state index is 0.107. The molecule has 9 heteroatoms. The van der Waals surface area contributed by atoms with Gasteiger partial charge in [0.05, 0.1) is 28.9 Å². The monoisotopic (exact) mass is 423 g/mol. The first-order valence-corrected chi connectivity index (χ1v) is 10.7. The van der Waals surface area contributed by atoms with Crippen molar-refractivity contribution in [3.63, 3.8) is 0 Å². The van der Waals surface area contributed by atoms with Crippen molar-refractivity contribution < 1.29 is 24.8 Å². The smallest absolute Gasteiger partial charge is 0.340 e. The Bertz CT molecular complexity index is 728. The SMILES string of the molecule is CCCCCCN(C)C(=O)c1cc([N+](=O)OC)c(NCCO)cc1N1CCC(O)C1. The number of benzene rings is 1. The summed E-state index contributed by atoms with van der Waals surface area (Å²) in [4.78, 5) is 34.4. The molecule has 30 heavy (non-hydrogen) atoms. The Hall–Kier alpha value is -2.39. The number of unbranched alkanes of at least 4 members (excludes halogenated alkanes) is 3. The molecule has 1 aliphatic rings. The Morgan fingerprint density at radius 3 is 2.73 bits per heavy atom. The number of hydrogen-bond acceptors (Lipinski definition) is 7. The second kappa shape index (κ2) is 11.7. The average Bonchev–Trinajstić information content (AvgIpc) is 3.19. The summed E-state index contributed by atoms with van der Waals surface area (Å²) >= 11 is 0. The zero-order chi connectivity index (χ0) is 22.1. The summed E-state index contributed by atoms with van der Waals surface area (Å²) in [6.45, 7) is 3.95. The number of aliphatic hydroxyl groups is 2. The van der Waals surface area contributed by atoms with Crippen LogP contribution in [0.2, 0.25) is 0 Å². The number of aliphatic hydroxyl groups excluding tert-OH is 2. The number of hydrogen-bond donors (Lipinski definition) is 3. The molecule has 9 nitrogen and oxygen atoms in total. The van der Waals surface area contributed by atoms with Crippen LogP contribution in [0.15, 0.2) is 12.1 Å². The maximum Gasteiger partial charge on any atom is 0.340 e. The molecule has 2 rings (SSSR count). The maximum atomic E-state index is 13.3. The van der Waals surface area contributed by atoms with Gasteiger partial charge in [-0.15, -0.1) is 0 Å². The first-order valence-electron chi connectivity index (χ1n) is 10.7. The average molecular weight is 424 g/mol. The van der Waals surface area contributed by atoms with Gasteiger partial charge in [-0.1, -0.05) is 26.2 Å². The standard InChI is InChI=1S/C21H34N4O5/c1-4-5-6-7-10-23(2)21(28)17-13-20(25(29)30-3)18(22-9-12-26)14-19(17)24-11-8-16(27)15-24/h13-14,16,26-27H,4-12,15H2,1-3H3/p+1. The van der Waals surface area contributed by atoms with Gasteiger partial charge in [0.1, 0.15) is 5.69 Å². The Morgan fingerprint density at radius 1 is 1.37 bits per heavy atom. The van der Waals surface area contributed by atoms with Crippen LogP contribution in [-0.2, 0) is 4.84 Å². The molecule has 0 aliphatic carbocycles. The molecule has 1 atom stereocenters. The number of anilines is 2. The Morgan fingerprint density at radius 2 is 2.13 bits per heavy atom. The topological polar surface area (TPSA) is 105 Å². The number of rotatable bonds is 12. The lowest BCUT2D eigenvalue weighted by Crippen LogP contribution is -2.31. The summed E-state index contributed by atoms with van der Waals surface area (Å²) in [6.07, 6.45) is 4.40. The van der Waals surface area contributed by atoms with E-state index in [0.717, 1.165) is 25.7 Å². The van der Waals surface area contributed by atoms with Crippen LogP contribution in [0.5, 0.6) is 0 Å². The Labute approximate surface area is 178 Å². The highest BCUT2D eigenvalue weighted by molar-refractivity contribution is 6.01. The van der Waals surface area contributed by atoms with Crippen molar-refractivity contribution in [2.75, 3.05) is 57.2 Å². The number of carbonyl (C=O) groups excluding carboxylic acids is 1. The van der Waals surface area contributed by atoms with Gasteiger partial charge in [0.15, 0.2) is 7.11 Å². The lowest BCUT2D eigenvalue weighted by molar-refractivity contribution is -0.736. The predicted molar refractivity (Wildman–Crippen MR) is 116 cm³/mol. The van der Waals surface area contributed by atoms with Crippen molar-refractivity contribution in [1.29, 1.82) is 0 Å². The van der Waals surface area contributed by atoms with Crippen molar-refractivity contribution in [3.05, 3.63) is 22.6 Å². The van der Waals surface area contributed by atoms with Crippen LogP contribution < -0.4 is 10.2 Å². The number of β-amino-alcohol motifs (C(OH)–C–C–N with tert-alkyl or cyclic N) is 1. The second-order valence-corrected chi connectivity index (χ2v) is 7.65. The fourth-order valence-electron chi connectivity index (χ4n) is 3.63. The molecule has 1 saturated heterocycles. The van der Waals surface area contributed by atoms with E-state index in [1.165, 1.54) is 13.2 Å². The van der Waals surface area contributed by atoms with E-state index in [2.05, 4.69) is 12.2 Å². The quantitative estimate of drug-likeness (QED) is 0.350. The molecular weight excluding hydrogens is 388 g/mol. The molecule has 1 aromatic rings. The summed E-state index contributed by atoms with van der Waals surface area (Å²) in [5.74, 6) is -0.178. The van der Waals surface area contributed by atoms with Gasteiger partial charge < -0.3 is 25.3 Å². The molecule has 0 spiro atoms. The molecule has 1 amide bonds. The summed E-state index contributed by atoms with van der Waals surface area (Å²) in [7, 11) is 3.02. The normalized spacial score (nSPS) is 15.9. The molecule has 1 fully saturated rings. The highest BCUT2D eigenvalue weighted by Crippen LogP contribution is 2.36. The fraction of sp³-hybridized carbons (Fsp3) is 0.667. The number of amides is 1. The molecule has 1 heterocycles. The van der Waals surface area contributed by atoms with Crippen LogP contribution in [0.3, 0.4) is 0 Å². The molecule has 0 saturated carbocycles. The lowest BCUT2D eigenvalue weighted by Gasteiger charge is -2.25. The van der Waals surface area contributed by atoms with Gasteiger partial charge in [-0.25, -0.2) is 4.84 Å². The summed E-state index contributed by atoms with van der Waals surface area (Å²) in [5.41, 5.74) is 1.67.